The highest BCUT2D eigenvalue weighted by Crippen LogP contribution is 2.31. The summed E-state index contributed by atoms with van der Waals surface area (Å²) in [6.07, 6.45) is -5.38. The van der Waals surface area contributed by atoms with E-state index in [1.807, 2.05) is 0 Å². The van der Waals surface area contributed by atoms with Gasteiger partial charge >= 0.3 is 12.3 Å². The van der Waals surface area contributed by atoms with Crippen molar-refractivity contribution in [2.24, 2.45) is 0 Å². The zero-order valence-electron chi connectivity index (χ0n) is 10.3. The van der Waals surface area contributed by atoms with E-state index in [2.05, 4.69) is 14.5 Å². The van der Waals surface area contributed by atoms with Crippen LogP contribution in [0.25, 0.3) is 0 Å². The number of carbonyl (C=O) groups excluding carboxylic acids is 1. The number of carbonyl (C=O) groups is 1. The Morgan fingerprint density at radius 1 is 1.50 bits per heavy atom. The molecule has 0 saturated carbocycles. The Balaban J connectivity index is 3.08. The van der Waals surface area contributed by atoms with Crippen LogP contribution < -0.4 is 4.74 Å². The molecule has 112 valence electrons. The number of alkyl halides is 4. The standard InChI is InChI=1S/C11H11ClF3NO4/c1-2-19-9(18)4-7-6(5-12)3-8(17)10(16-7)20-11(13,14)15/h3,17H,2,4-5H2,1H3. The van der Waals surface area contributed by atoms with E-state index in [9.17, 15) is 23.1 Å². The molecule has 9 heteroatoms. The summed E-state index contributed by atoms with van der Waals surface area (Å²) in [4.78, 5) is 14.8. The molecule has 1 aromatic heterocycles. The van der Waals surface area contributed by atoms with Crippen molar-refractivity contribution in [1.82, 2.24) is 4.98 Å². The number of hydrogen-bond acceptors (Lipinski definition) is 5. The number of halogens is 4. The smallest absolute Gasteiger partial charge is 0.503 e. The molecule has 1 heterocycles. The van der Waals surface area contributed by atoms with Crippen molar-refractivity contribution in [3.8, 4) is 11.6 Å². The van der Waals surface area contributed by atoms with Crippen LogP contribution in [0.2, 0.25) is 0 Å². The van der Waals surface area contributed by atoms with Gasteiger partial charge in [-0.2, -0.15) is 0 Å². The quantitative estimate of drug-likeness (QED) is 0.668. The first-order valence-corrected chi connectivity index (χ1v) is 5.99. The molecule has 0 spiro atoms. The summed E-state index contributed by atoms with van der Waals surface area (Å²) in [6, 6.07) is 0.968. The number of nitrogens with zero attached hydrogens (tertiary/aromatic N) is 1. The summed E-state index contributed by atoms with van der Waals surface area (Å²) < 4.78 is 44.6. The molecule has 1 rings (SSSR count). The number of esters is 1. The van der Waals surface area contributed by atoms with Gasteiger partial charge in [0.05, 0.1) is 18.7 Å². The molecule has 1 aromatic rings. The van der Waals surface area contributed by atoms with E-state index in [1.165, 1.54) is 0 Å². The van der Waals surface area contributed by atoms with Crippen molar-refractivity contribution in [3.05, 3.63) is 17.3 Å². The highest BCUT2D eigenvalue weighted by atomic mass is 35.5. The van der Waals surface area contributed by atoms with Crippen molar-refractivity contribution in [2.45, 2.75) is 25.6 Å². The van der Waals surface area contributed by atoms with Crippen LogP contribution in [-0.4, -0.2) is 29.0 Å². The Morgan fingerprint density at radius 3 is 2.65 bits per heavy atom. The number of ether oxygens (including phenoxy) is 2. The molecule has 0 unspecified atom stereocenters. The molecular formula is C11H11ClF3NO4. The Bertz CT molecular complexity index is 493. The van der Waals surface area contributed by atoms with E-state index in [1.54, 1.807) is 6.92 Å². The molecule has 0 radical (unpaired) electrons. The van der Waals surface area contributed by atoms with Gasteiger partial charge < -0.3 is 14.6 Å². The molecule has 0 aliphatic heterocycles. The van der Waals surface area contributed by atoms with Gasteiger partial charge in [-0.3, -0.25) is 4.79 Å². The average Bonchev–Trinajstić information content (AvgIpc) is 2.31. The largest absolute Gasteiger partial charge is 0.574 e. The number of aromatic nitrogens is 1. The molecule has 0 aromatic carbocycles. The summed E-state index contributed by atoms with van der Waals surface area (Å²) >= 11 is 5.58. The average molecular weight is 314 g/mol. The van der Waals surface area contributed by atoms with E-state index < -0.39 is 24.0 Å². The molecule has 5 nitrogen and oxygen atoms in total. The fraction of sp³-hybridized carbons (Fsp3) is 0.455. The summed E-state index contributed by atoms with van der Waals surface area (Å²) in [5.74, 6) is -2.66. The van der Waals surface area contributed by atoms with Gasteiger partial charge in [-0.25, -0.2) is 4.98 Å². The van der Waals surface area contributed by atoms with E-state index in [0.717, 1.165) is 6.07 Å². The second-order valence-corrected chi connectivity index (χ2v) is 3.85. The van der Waals surface area contributed by atoms with Crippen LogP contribution in [0, 0.1) is 0 Å². The summed E-state index contributed by atoms with van der Waals surface area (Å²) in [6.45, 7) is 1.71. The summed E-state index contributed by atoms with van der Waals surface area (Å²) in [5.41, 5.74) is 0.169. The van der Waals surface area contributed by atoms with Gasteiger partial charge in [0.1, 0.15) is 0 Å². The maximum absolute atomic E-state index is 12.1. The third-order valence-electron chi connectivity index (χ3n) is 2.11. The lowest BCUT2D eigenvalue weighted by Crippen LogP contribution is -2.19. The van der Waals surface area contributed by atoms with E-state index in [0.29, 0.717) is 0 Å². The highest BCUT2D eigenvalue weighted by molar-refractivity contribution is 6.17. The Morgan fingerprint density at radius 2 is 2.15 bits per heavy atom. The molecule has 1 N–H and O–H groups in total. The van der Waals surface area contributed by atoms with Crippen LogP contribution >= 0.6 is 11.6 Å². The van der Waals surface area contributed by atoms with Crippen LogP contribution in [0.5, 0.6) is 11.6 Å². The number of pyridine rings is 1. The van der Waals surface area contributed by atoms with Crippen molar-refractivity contribution in [1.29, 1.82) is 0 Å². The lowest BCUT2D eigenvalue weighted by Gasteiger charge is -2.13. The summed E-state index contributed by atoms with van der Waals surface area (Å²) in [5, 5.41) is 9.39. The van der Waals surface area contributed by atoms with Crippen LogP contribution in [0.3, 0.4) is 0 Å². The third-order valence-corrected chi connectivity index (χ3v) is 2.40. The predicted octanol–water partition coefficient (Wildman–Crippen LogP) is 2.53. The minimum Gasteiger partial charge on any atom is -0.503 e. The molecule has 0 bridgehead atoms. The molecule has 20 heavy (non-hydrogen) atoms. The Labute approximate surface area is 117 Å². The first-order chi connectivity index (χ1) is 9.26. The zero-order chi connectivity index (χ0) is 15.3. The highest BCUT2D eigenvalue weighted by Gasteiger charge is 2.33. The van der Waals surface area contributed by atoms with Crippen LogP contribution in [0.15, 0.2) is 6.07 Å². The van der Waals surface area contributed by atoms with Gasteiger partial charge in [-0.1, -0.05) is 0 Å². The topological polar surface area (TPSA) is 68.7 Å². The first-order valence-electron chi connectivity index (χ1n) is 5.46. The van der Waals surface area contributed by atoms with Crippen LogP contribution in [0.1, 0.15) is 18.2 Å². The minimum atomic E-state index is -5.01. The number of hydrogen-bond donors (Lipinski definition) is 1. The lowest BCUT2D eigenvalue weighted by atomic mass is 10.1. The Kier molecular flexibility index (Phi) is 5.43. The third kappa shape index (κ3) is 4.76. The SMILES string of the molecule is CCOC(=O)Cc1nc(OC(F)(F)F)c(O)cc1CCl. The summed E-state index contributed by atoms with van der Waals surface area (Å²) in [7, 11) is 0. The van der Waals surface area contributed by atoms with Gasteiger partial charge in [-0.05, 0) is 18.6 Å². The predicted molar refractivity (Wildman–Crippen MR) is 62.5 cm³/mol. The van der Waals surface area contributed by atoms with Crippen molar-refractivity contribution < 1.29 is 32.5 Å². The van der Waals surface area contributed by atoms with Crippen LogP contribution in [-0.2, 0) is 21.8 Å². The normalized spacial score (nSPS) is 11.2. The second-order valence-electron chi connectivity index (χ2n) is 3.58. The van der Waals surface area contributed by atoms with Gasteiger partial charge in [0.25, 0.3) is 5.88 Å². The lowest BCUT2D eigenvalue weighted by molar-refractivity contribution is -0.276. The van der Waals surface area contributed by atoms with Gasteiger partial charge in [0, 0.05) is 5.88 Å². The maximum atomic E-state index is 12.1. The molecule has 0 aliphatic carbocycles. The number of aromatic hydroxyl groups is 1. The molecule has 0 saturated heterocycles. The second kappa shape index (κ2) is 6.65. The molecule has 0 amide bonds. The van der Waals surface area contributed by atoms with Crippen molar-refractivity contribution in [2.75, 3.05) is 6.61 Å². The fourth-order valence-corrected chi connectivity index (χ4v) is 1.60. The van der Waals surface area contributed by atoms with Gasteiger partial charge in [0.2, 0.25) is 0 Å². The van der Waals surface area contributed by atoms with Gasteiger partial charge in [-0.15, -0.1) is 24.8 Å². The van der Waals surface area contributed by atoms with Crippen molar-refractivity contribution >= 4 is 17.6 Å². The maximum Gasteiger partial charge on any atom is 0.574 e. The molecule has 0 fully saturated rings. The van der Waals surface area contributed by atoms with E-state index in [-0.39, 0.29) is 30.2 Å². The first kappa shape index (κ1) is 16.4. The monoisotopic (exact) mass is 313 g/mol. The van der Waals surface area contributed by atoms with Gasteiger partial charge in [0.15, 0.2) is 5.75 Å². The zero-order valence-corrected chi connectivity index (χ0v) is 11.1. The molecule has 0 aliphatic rings. The molecular weight excluding hydrogens is 303 g/mol. The van der Waals surface area contributed by atoms with E-state index in [4.69, 9.17) is 11.6 Å². The Hall–Kier alpha value is -1.70. The van der Waals surface area contributed by atoms with Crippen molar-refractivity contribution in [3.63, 3.8) is 0 Å². The molecule has 0 atom stereocenters. The van der Waals surface area contributed by atoms with Crippen LogP contribution in [0.4, 0.5) is 13.2 Å². The fourth-order valence-electron chi connectivity index (χ4n) is 1.36. The number of rotatable bonds is 5. The van der Waals surface area contributed by atoms with E-state index >= 15 is 0 Å². The minimum absolute atomic E-state index is 0.0458.